The number of hydrogen-bond donors (Lipinski definition) is 1. The molecule has 0 bridgehead atoms. The number of imide groups is 1. The molecule has 3 aromatic rings. The van der Waals surface area contributed by atoms with Gasteiger partial charge < -0.3 is 14.8 Å². The van der Waals surface area contributed by atoms with E-state index in [2.05, 4.69) is 5.32 Å². The average molecular weight is 461 g/mol. The maximum Gasteiger partial charge on any atom is 0.282 e. The molecular formula is C26H21ClN2O4. The molecule has 5 rings (SSSR count). The minimum absolute atomic E-state index is 0.193. The van der Waals surface area contributed by atoms with Crippen LogP contribution in [0, 0.1) is 13.8 Å². The molecule has 0 unspecified atom stereocenters. The Bertz CT molecular complexity index is 1310. The second-order valence-corrected chi connectivity index (χ2v) is 8.41. The van der Waals surface area contributed by atoms with E-state index in [-0.39, 0.29) is 11.3 Å². The molecule has 2 aliphatic rings. The molecule has 2 aliphatic heterocycles. The Morgan fingerprint density at radius 2 is 1.58 bits per heavy atom. The number of ether oxygens (including phenoxy) is 2. The van der Waals surface area contributed by atoms with Crippen molar-refractivity contribution in [2.75, 3.05) is 23.4 Å². The van der Waals surface area contributed by atoms with Crippen molar-refractivity contribution in [3.63, 3.8) is 0 Å². The number of halogens is 1. The molecule has 7 heteroatoms. The number of nitrogens with zero attached hydrogens (tertiary/aromatic N) is 1. The highest BCUT2D eigenvalue weighted by molar-refractivity contribution is 6.46. The van der Waals surface area contributed by atoms with Gasteiger partial charge >= 0.3 is 0 Å². The highest BCUT2D eigenvalue weighted by Crippen LogP contribution is 2.38. The largest absolute Gasteiger partial charge is 0.486 e. The van der Waals surface area contributed by atoms with E-state index in [1.807, 2.05) is 26.0 Å². The van der Waals surface area contributed by atoms with Crippen molar-refractivity contribution < 1.29 is 19.1 Å². The van der Waals surface area contributed by atoms with Gasteiger partial charge in [-0.15, -0.1) is 0 Å². The Morgan fingerprint density at radius 3 is 2.30 bits per heavy atom. The zero-order valence-electron chi connectivity index (χ0n) is 18.1. The van der Waals surface area contributed by atoms with Crippen molar-refractivity contribution in [1.29, 1.82) is 0 Å². The number of fused-ring (bicyclic) bond motifs is 1. The fourth-order valence-corrected chi connectivity index (χ4v) is 4.20. The highest BCUT2D eigenvalue weighted by atomic mass is 35.5. The molecular weight excluding hydrogens is 440 g/mol. The number of carbonyl (C=O) groups excluding carboxylic acids is 2. The molecule has 1 N–H and O–H groups in total. The van der Waals surface area contributed by atoms with Crippen molar-refractivity contribution in [3.8, 4) is 11.5 Å². The first kappa shape index (κ1) is 21.1. The molecule has 166 valence electrons. The van der Waals surface area contributed by atoms with Crippen LogP contribution in [0.15, 0.2) is 66.4 Å². The summed E-state index contributed by atoms with van der Waals surface area (Å²) in [5, 5.41) is 3.71. The lowest BCUT2D eigenvalue weighted by Gasteiger charge is -2.20. The van der Waals surface area contributed by atoms with Crippen LogP contribution in [0.25, 0.3) is 5.57 Å². The minimum Gasteiger partial charge on any atom is -0.486 e. The minimum atomic E-state index is -0.424. The SMILES string of the molecule is Cc1ccc(N2C(=O)C(Nc3ccc4c(c3)OCCO4)=C(c3ccc(Cl)cc3)C2=O)c(C)c1. The number of carbonyl (C=O) groups is 2. The standard InChI is InChI=1S/C26H21ClN2O4/c1-15-3-9-20(16(2)13-15)29-25(30)23(17-4-6-18(27)7-5-17)24(26(29)31)28-19-8-10-21-22(14-19)33-12-11-32-21/h3-10,13-14,28H,11-12H2,1-2H3. The Kier molecular flexibility index (Phi) is 5.30. The molecule has 2 heterocycles. The van der Waals surface area contributed by atoms with Crippen molar-refractivity contribution >= 4 is 40.4 Å². The van der Waals surface area contributed by atoms with Crippen LogP contribution in [-0.4, -0.2) is 25.0 Å². The molecule has 0 fully saturated rings. The van der Waals surface area contributed by atoms with Crippen LogP contribution in [0.3, 0.4) is 0 Å². The van der Waals surface area contributed by atoms with Crippen LogP contribution >= 0.6 is 11.6 Å². The van der Waals surface area contributed by atoms with E-state index >= 15 is 0 Å². The summed E-state index contributed by atoms with van der Waals surface area (Å²) in [5.41, 5.74) is 4.14. The molecule has 33 heavy (non-hydrogen) atoms. The first-order valence-corrected chi connectivity index (χ1v) is 10.9. The fraction of sp³-hybridized carbons (Fsp3) is 0.154. The van der Waals surface area contributed by atoms with E-state index in [1.165, 1.54) is 4.90 Å². The summed E-state index contributed by atoms with van der Waals surface area (Å²) in [6, 6.07) is 17.8. The van der Waals surface area contributed by atoms with Crippen LogP contribution in [0.4, 0.5) is 11.4 Å². The number of rotatable bonds is 4. The third-order valence-corrected chi connectivity index (χ3v) is 5.87. The van der Waals surface area contributed by atoms with Gasteiger partial charge in [-0.05, 0) is 55.3 Å². The molecule has 6 nitrogen and oxygen atoms in total. The lowest BCUT2D eigenvalue weighted by molar-refractivity contribution is -0.120. The molecule has 0 saturated carbocycles. The van der Waals surface area contributed by atoms with Gasteiger partial charge in [-0.2, -0.15) is 0 Å². The summed E-state index contributed by atoms with van der Waals surface area (Å²) >= 11 is 6.06. The van der Waals surface area contributed by atoms with Gasteiger partial charge in [-0.1, -0.05) is 41.4 Å². The molecule has 3 aromatic carbocycles. The monoisotopic (exact) mass is 460 g/mol. The third kappa shape index (κ3) is 3.83. The molecule has 0 radical (unpaired) electrons. The van der Waals surface area contributed by atoms with Gasteiger partial charge in [0.15, 0.2) is 11.5 Å². The first-order chi connectivity index (χ1) is 15.9. The van der Waals surface area contributed by atoms with Gasteiger partial charge in [0, 0.05) is 16.8 Å². The van der Waals surface area contributed by atoms with E-state index in [9.17, 15) is 9.59 Å². The van der Waals surface area contributed by atoms with Gasteiger partial charge in [0.2, 0.25) is 0 Å². The average Bonchev–Trinajstić information content (AvgIpc) is 3.04. The molecule has 0 spiro atoms. The van der Waals surface area contributed by atoms with Crippen molar-refractivity contribution in [3.05, 3.63) is 88.1 Å². The number of nitrogens with one attached hydrogen (secondary N) is 1. The van der Waals surface area contributed by atoms with Crippen LogP contribution in [0.2, 0.25) is 5.02 Å². The van der Waals surface area contributed by atoms with Crippen molar-refractivity contribution in [2.45, 2.75) is 13.8 Å². The molecule has 2 amide bonds. The Hall–Kier alpha value is -3.77. The predicted octanol–water partition coefficient (Wildman–Crippen LogP) is 5.12. The summed E-state index contributed by atoms with van der Waals surface area (Å²) < 4.78 is 11.2. The van der Waals surface area contributed by atoms with Crippen molar-refractivity contribution in [1.82, 2.24) is 0 Å². The predicted molar refractivity (Wildman–Crippen MR) is 128 cm³/mol. The topological polar surface area (TPSA) is 67.9 Å². The van der Waals surface area contributed by atoms with E-state index in [0.29, 0.717) is 46.7 Å². The van der Waals surface area contributed by atoms with Crippen LogP contribution < -0.4 is 19.7 Å². The maximum atomic E-state index is 13.6. The number of benzene rings is 3. The number of anilines is 2. The van der Waals surface area contributed by atoms with Crippen LogP contribution in [0.5, 0.6) is 11.5 Å². The summed E-state index contributed by atoms with van der Waals surface area (Å²) in [4.78, 5) is 28.4. The van der Waals surface area contributed by atoms with E-state index < -0.39 is 11.8 Å². The zero-order valence-corrected chi connectivity index (χ0v) is 18.9. The second-order valence-electron chi connectivity index (χ2n) is 7.98. The van der Waals surface area contributed by atoms with Gasteiger partial charge in [0.1, 0.15) is 18.9 Å². The Labute approximate surface area is 196 Å². The van der Waals surface area contributed by atoms with Gasteiger partial charge in [0.05, 0.1) is 11.3 Å². The van der Waals surface area contributed by atoms with Gasteiger partial charge in [0.25, 0.3) is 11.8 Å². The molecule has 0 aliphatic carbocycles. The third-order valence-electron chi connectivity index (χ3n) is 5.62. The summed E-state index contributed by atoms with van der Waals surface area (Å²) in [6.07, 6.45) is 0. The highest BCUT2D eigenvalue weighted by Gasteiger charge is 2.41. The zero-order chi connectivity index (χ0) is 23.1. The second kappa shape index (κ2) is 8.30. The molecule has 0 aromatic heterocycles. The van der Waals surface area contributed by atoms with Gasteiger partial charge in [-0.25, -0.2) is 4.90 Å². The smallest absolute Gasteiger partial charge is 0.282 e. The normalized spacial score (nSPS) is 15.3. The Balaban J connectivity index is 1.59. The fourth-order valence-electron chi connectivity index (χ4n) is 4.07. The lowest BCUT2D eigenvalue weighted by atomic mass is 10.0. The van der Waals surface area contributed by atoms with Gasteiger partial charge in [-0.3, -0.25) is 9.59 Å². The number of amides is 2. The summed E-state index contributed by atoms with van der Waals surface area (Å²) in [5.74, 6) is 0.411. The van der Waals surface area contributed by atoms with Crippen LogP contribution in [-0.2, 0) is 9.59 Å². The van der Waals surface area contributed by atoms with E-state index in [1.54, 1.807) is 48.5 Å². The van der Waals surface area contributed by atoms with E-state index in [4.69, 9.17) is 21.1 Å². The van der Waals surface area contributed by atoms with Crippen molar-refractivity contribution in [2.24, 2.45) is 0 Å². The Morgan fingerprint density at radius 1 is 0.848 bits per heavy atom. The lowest BCUT2D eigenvalue weighted by Crippen LogP contribution is -2.33. The first-order valence-electron chi connectivity index (χ1n) is 10.6. The molecule has 0 atom stereocenters. The quantitative estimate of drug-likeness (QED) is 0.547. The number of aryl methyl sites for hydroxylation is 2. The maximum absolute atomic E-state index is 13.6. The van der Waals surface area contributed by atoms with Crippen LogP contribution in [0.1, 0.15) is 16.7 Å². The summed E-state index contributed by atoms with van der Waals surface area (Å²) in [7, 11) is 0. The molecule has 0 saturated heterocycles. The summed E-state index contributed by atoms with van der Waals surface area (Å²) in [6.45, 7) is 4.80. The number of hydrogen-bond acceptors (Lipinski definition) is 5. The van der Waals surface area contributed by atoms with E-state index in [0.717, 1.165) is 11.1 Å².